The van der Waals surface area contributed by atoms with Crippen LogP contribution in [0, 0.1) is 6.92 Å². The molecule has 1 rings (SSSR count). The summed E-state index contributed by atoms with van der Waals surface area (Å²) in [5.41, 5.74) is 1.32. The summed E-state index contributed by atoms with van der Waals surface area (Å²) in [5.74, 6) is -1.74. The molecule has 102 valence electrons. The summed E-state index contributed by atoms with van der Waals surface area (Å²) in [5, 5.41) is 12.8. The number of imide groups is 1. The molecule has 0 aliphatic carbocycles. The van der Waals surface area contributed by atoms with E-state index in [2.05, 4.69) is 15.3 Å². The Morgan fingerprint density at radius 1 is 1.21 bits per heavy atom. The molecule has 0 spiro atoms. The summed E-state index contributed by atoms with van der Waals surface area (Å²) in [6.07, 6.45) is 2.52. The fourth-order valence-electron chi connectivity index (χ4n) is 1.14. The van der Waals surface area contributed by atoms with Crippen molar-refractivity contribution in [3.05, 3.63) is 23.8 Å². The molecule has 1 heterocycles. The molecule has 3 N–H and O–H groups in total. The first-order valence-electron chi connectivity index (χ1n) is 5.54. The molecule has 0 radical (unpaired) electrons. The van der Waals surface area contributed by atoms with Crippen molar-refractivity contribution in [2.45, 2.75) is 26.3 Å². The third-order valence-corrected chi connectivity index (χ3v) is 2.08. The molecular formula is C11H14N4O4. The average Bonchev–Trinajstić information content (AvgIpc) is 2.36. The van der Waals surface area contributed by atoms with E-state index < -0.39 is 17.9 Å². The Morgan fingerprint density at radius 2 is 1.95 bits per heavy atom. The van der Waals surface area contributed by atoms with E-state index in [1.807, 2.05) is 5.32 Å². The molecule has 19 heavy (non-hydrogen) atoms. The number of amides is 3. The second-order valence-corrected chi connectivity index (χ2v) is 3.77. The first-order valence-corrected chi connectivity index (χ1v) is 5.54. The van der Waals surface area contributed by atoms with Crippen molar-refractivity contribution in [2.24, 2.45) is 0 Å². The van der Waals surface area contributed by atoms with Crippen LogP contribution in [0.15, 0.2) is 12.4 Å². The van der Waals surface area contributed by atoms with Crippen LogP contribution >= 0.6 is 0 Å². The van der Waals surface area contributed by atoms with Crippen LogP contribution < -0.4 is 10.6 Å². The molecule has 8 nitrogen and oxygen atoms in total. The number of aliphatic carboxylic acids is 1. The quantitative estimate of drug-likeness (QED) is 0.688. The Hall–Kier alpha value is -2.51. The van der Waals surface area contributed by atoms with Crippen molar-refractivity contribution in [3.63, 3.8) is 0 Å². The summed E-state index contributed by atoms with van der Waals surface area (Å²) >= 11 is 0. The van der Waals surface area contributed by atoms with Crippen LogP contribution in [-0.4, -0.2) is 33.0 Å². The highest BCUT2D eigenvalue weighted by molar-refractivity contribution is 5.95. The molecule has 0 unspecified atom stereocenters. The minimum absolute atomic E-state index is 0.130. The number of carboxylic acids is 1. The topological polar surface area (TPSA) is 121 Å². The van der Waals surface area contributed by atoms with Gasteiger partial charge in [0.15, 0.2) is 0 Å². The largest absolute Gasteiger partial charge is 0.481 e. The Kier molecular flexibility index (Phi) is 5.39. The highest BCUT2D eigenvalue weighted by Crippen LogP contribution is 1.93. The maximum Gasteiger partial charge on any atom is 0.321 e. The molecule has 0 aliphatic rings. The predicted octanol–water partition coefficient (Wildman–Crippen LogP) is -0.0244. The summed E-state index contributed by atoms with van der Waals surface area (Å²) < 4.78 is 0. The molecule has 3 amide bonds. The minimum Gasteiger partial charge on any atom is -0.481 e. The normalized spacial score (nSPS) is 9.74. The lowest BCUT2D eigenvalue weighted by Crippen LogP contribution is -2.39. The van der Waals surface area contributed by atoms with E-state index in [1.165, 1.54) is 6.20 Å². The highest BCUT2D eigenvalue weighted by Gasteiger charge is 2.09. The lowest BCUT2D eigenvalue weighted by molar-refractivity contribution is -0.138. The van der Waals surface area contributed by atoms with Crippen LogP contribution in [0.1, 0.15) is 24.2 Å². The number of urea groups is 1. The van der Waals surface area contributed by atoms with Gasteiger partial charge in [-0.05, 0) is 6.92 Å². The van der Waals surface area contributed by atoms with Gasteiger partial charge in [0.25, 0.3) is 0 Å². The Morgan fingerprint density at radius 3 is 2.53 bits per heavy atom. The Bertz CT molecular complexity index is 472. The number of carboxylic acid groups (broad SMARTS) is 1. The Balaban J connectivity index is 2.29. The van der Waals surface area contributed by atoms with Crippen LogP contribution in [0.2, 0.25) is 0 Å². The van der Waals surface area contributed by atoms with Crippen molar-refractivity contribution < 1.29 is 19.5 Å². The molecule has 1 aromatic rings. The summed E-state index contributed by atoms with van der Waals surface area (Å²) in [4.78, 5) is 40.7. The van der Waals surface area contributed by atoms with E-state index in [0.717, 1.165) is 5.69 Å². The molecular weight excluding hydrogens is 252 g/mol. The van der Waals surface area contributed by atoms with Crippen molar-refractivity contribution >= 4 is 17.9 Å². The van der Waals surface area contributed by atoms with Gasteiger partial charge in [-0.1, -0.05) is 0 Å². The van der Waals surface area contributed by atoms with Crippen LogP contribution in [0.4, 0.5) is 4.79 Å². The van der Waals surface area contributed by atoms with Gasteiger partial charge < -0.3 is 10.4 Å². The molecule has 0 aliphatic heterocycles. The molecule has 0 saturated heterocycles. The molecule has 0 fully saturated rings. The lowest BCUT2D eigenvalue weighted by atomic mass is 10.3. The number of aryl methyl sites for hydroxylation is 1. The van der Waals surface area contributed by atoms with E-state index in [0.29, 0.717) is 5.69 Å². The van der Waals surface area contributed by atoms with Gasteiger partial charge in [-0.25, -0.2) is 4.79 Å². The standard InChI is InChI=1S/C11H14N4O4/c1-7-4-13-8(5-12-7)6-14-11(19)15-9(16)2-3-10(17)18/h4-5H,2-3,6H2,1H3,(H,17,18)(H2,14,15,16,19). The minimum atomic E-state index is -1.09. The van der Waals surface area contributed by atoms with Crippen molar-refractivity contribution in [1.82, 2.24) is 20.6 Å². The first-order chi connectivity index (χ1) is 8.97. The molecule has 1 aromatic heterocycles. The predicted molar refractivity (Wildman–Crippen MR) is 64.0 cm³/mol. The number of hydrogen-bond acceptors (Lipinski definition) is 5. The van der Waals surface area contributed by atoms with Crippen LogP contribution in [-0.2, 0) is 16.1 Å². The van der Waals surface area contributed by atoms with Gasteiger partial charge >= 0.3 is 12.0 Å². The summed E-state index contributed by atoms with van der Waals surface area (Å²) in [6, 6.07) is -0.697. The fourth-order valence-corrected chi connectivity index (χ4v) is 1.14. The zero-order valence-corrected chi connectivity index (χ0v) is 10.3. The van der Waals surface area contributed by atoms with Gasteiger partial charge in [-0.3, -0.25) is 24.9 Å². The SMILES string of the molecule is Cc1cnc(CNC(=O)NC(=O)CCC(=O)O)cn1. The zero-order valence-electron chi connectivity index (χ0n) is 10.3. The number of aromatic nitrogens is 2. The average molecular weight is 266 g/mol. The second kappa shape index (κ2) is 7.04. The van der Waals surface area contributed by atoms with Crippen LogP contribution in [0.25, 0.3) is 0 Å². The van der Waals surface area contributed by atoms with Crippen LogP contribution in [0.3, 0.4) is 0 Å². The van der Waals surface area contributed by atoms with Crippen LogP contribution in [0.5, 0.6) is 0 Å². The number of nitrogens with one attached hydrogen (secondary N) is 2. The van der Waals surface area contributed by atoms with Crippen molar-refractivity contribution in [3.8, 4) is 0 Å². The lowest BCUT2D eigenvalue weighted by Gasteiger charge is -2.05. The fraction of sp³-hybridized carbons (Fsp3) is 0.364. The smallest absolute Gasteiger partial charge is 0.321 e. The number of nitrogens with zero attached hydrogens (tertiary/aromatic N) is 2. The second-order valence-electron chi connectivity index (χ2n) is 3.77. The first kappa shape index (κ1) is 14.6. The van der Waals surface area contributed by atoms with E-state index in [4.69, 9.17) is 5.11 Å². The summed E-state index contributed by atoms with van der Waals surface area (Å²) in [6.45, 7) is 1.92. The van der Waals surface area contributed by atoms with Crippen molar-refractivity contribution in [1.29, 1.82) is 0 Å². The monoisotopic (exact) mass is 266 g/mol. The van der Waals surface area contributed by atoms with Gasteiger partial charge in [0.1, 0.15) is 0 Å². The number of carbonyl (C=O) groups is 3. The summed E-state index contributed by atoms with van der Waals surface area (Å²) in [7, 11) is 0. The number of hydrogen-bond donors (Lipinski definition) is 3. The van der Waals surface area contributed by atoms with E-state index in [1.54, 1.807) is 13.1 Å². The van der Waals surface area contributed by atoms with Crippen molar-refractivity contribution in [2.75, 3.05) is 0 Å². The maximum atomic E-state index is 11.3. The third-order valence-electron chi connectivity index (χ3n) is 2.08. The molecule has 0 bridgehead atoms. The van der Waals surface area contributed by atoms with Gasteiger partial charge in [0.05, 0.1) is 30.6 Å². The molecule has 0 atom stereocenters. The third kappa shape index (κ3) is 6.10. The van der Waals surface area contributed by atoms with Gasteiger partial charge in [-0.15, -0.1) is 0 Å². The Labute approximate surface area is 109 Å². The van der Waals surface area contributed by atoms with E-state index in [9.17, 15) is 14.4 Å². The van der Waals surface area contributed by atoms with Gasteiger partial charge in [-0.2, -0.15) is 0 Å². The zero-order chi connectivity index (χ0) is 14.3. The number of rotatable bonds is 5. The van der Waals surface area contributed by atoms with Gasteiger partial charge in [0, 0.05) is 12.6 Å². The maximum absolute atomic E-state index is 11.3. The molecule has 8 heteroatoms. The molecule has 0 saturated carbocycles. The van der Waals surface area contributed by atoms with E-state index in [-0.39, 0.29) is 19.4 Å². The molecule has 0 aromatic carbocycles. The van der Waals surface area contributed by atoms with Gasteiger partial charge in [0.2, 0.25) is 5.91 Å². The number of carbonyl (C=O) groups excluding carboxylic acids is 2. The highest BCUT2D eigenvalue weighted by atomic mass is 16.4. The van der Waals surface area contributed by atoms with E-state index >= 15 is 0 Å².